The van der Waals surface area contributed by atoms with Crippen LogP contribution in [0, 0.1) is 13.8 Å². The van der Waals surface area contributed by atoms with Crippen molar-refractivity contribution >= 4 is 17.5 Å². The summed E-state index contributed by atoms with van der Waals surface area (Å²) >= 11 is 5.91. The molecule has 2 aromatic carbocycles. The van der Waals surface area contributed by atoms with Crippen molar-refractivity contribution < 1.29 is 9.53 Å². The molecule has 0 radical (unpaired) electrons. The molecule has 0 fully saturated rings. The number of fused-ring (bicyclic) bond motifs is 1. The summed E-state index contributed by atoms with van der Waals surface area (Å²) in [4.78, 5) is 14.6. The fourth-order valence-corrected chi connectivity index (χ4v) is 4.22. The Kier molecular flexibility index (Phi) is 5.23. The Morgan fingerprint density at radius 2 is 1.81 bits per heavy atom. The van der Waals surface area contributed by atoms with Gasteiger partial charge in [-0.25, -0.2) is 4.68 Å². The van der Waals surface area contributed by atoms with Gasteiger partial charge in [0.15, 0.2) is 6.61 Å². The number of aryl methyl sites for hydroxylation is 2. The van der Waals surface area contributed by atoms with Gasteiger partial charge in [0.2, 0.25) is 0 Å². The van der Waals surface area contributed by atoms with Crippen LogP contribution in [0.2, 0.25) is 5.02 Å². The second-order valence-electron chi connectivity index (χ2n) is 8.03. The first-order chi connectivity index (χ1) is 15.5. The summed E-state index contributed by atoms with van der Waals surface area (Å²) < 4.78 is 9.70. The summed E-state index contributed by atoms with van der Waals surface area (Å²) in [6.45, 7) is 5.11. The summed E-state index contributed by atoms with van der Waals surface area (Å²) in [5, 5.41) is 5.55. The van der Waals surface area contributed by atoms with Gasteiger partial charge in [-0.15, -0.1) is 0 Å². The van der Waals surface area contributed by atoms with Crippen LogP contribution in [0.5, 0.6) is 5.75 Å². The van der Waals surface area contributed by atoms with E-state index in [1.165, 1.54) is 5.56 Å². The molecule has 32 heavy (non-hydrogen) atoms. The third kappa shape index (κ3) is 3.78. The van der Waals surface area contributed by atoms with Crippen LogP contribution in [0.15, 0.2) is 67.0 Å². The van der Waals surface area contributed by atoms with Gasteiger partial charge in [-0.05, 0) is 61.9 Å². The molecule has 0 spiro atoms. The zero-order chi connectivity index (χ0) is 22.2. The van der Waals surface area contributed by atoms with Crippen LogP contribution in [0.3, 0.4) is 0 Å². The van der Waals surface area contributed by atoms with Crippen molar-refractivity contribution in [2.45, 2.75) is 26.9 Å². The minimum absolute atomic E-state index is 0.0260. The Bertz CT molecular complexity index is 1280. The van der Waals surface area contributed by atoms with Crippen molar-refractivity contribution in [3.8, 4) is 17.3 Å². The number of carbonyl (C=O) groups is 1. The Balaban J connectivity index is 1.41. The summed E-state index contributed by atoms with van der Waals surface area (Å²) in [5.74, 6) is 1.51. The third-order valence-corrected chi connectivity index (χ3v) is 5.94. The minimum atomic E-state index is -0.0746. The largest absolute Gasteiger partial charge is 0.484 e. The van der Waals surface area contributed by atoms with Gasteiger partial charge in [0.25, 0.3) is 5.91 Å². The van der Waals surface area contributed by atoms with Crippen LogP contribution >= 0.6 is 11.6 Å². The van der Waals surface area contributed by atoms with Gasteiger partial charge < -0.3 is 14.2 Å². The van der Waals surface area contributed by atoms with Gasteiger partial charge in [-0.2, -0.15) is 5.10 Å². The summed E-state index contributed by atoms with van der Waals surface area (Å²) in [5.41, 5.74) is 5.38. The molecule has 4 aromatic rings. The van der Waals surface area contributed by atoms with Crippen molar-refractivity contribution in [3.05, 3.63) is 94.4 Å². The summed E-state index contributed by atoms with van der Waals surface area (Å²) in [6.07, 6.45) is 4.01. The first-order valence-corrected chi connectivity index (χ1v) is 10.9. The first-order valence-electron chi connectivity index (χ1n) is 10.5. The highest BCUT2D eigenvalue weighted by Gasteiger charge is 2.31. The van der Waals surface area contributed by atoms with Crippen molar-refractivity contribution in [1.29, 1.82) is 0 Å². The van der Waals surface area contributed by atoms with Gasteiger partial charge in [0.05, 0.1) is 24.5 Å². The number of benzene rings is 2. The van der Waals surface area contributed by atoms with Crippen LogP contribution in [0.25, 0.3) is 11.5 Å². The molecule has 162 valence electrons. The molecule has 1 aliphatic rings. The van der Waals surface area contributed by atoms with Crippen molar-refractivity contribution in [2.75, 3.05) is 6.61 Å². The van der Waals surface area contributed by atoms with Gasteiger partial charge in [0, 0.05) is 23.0 Å². The van der Waals surface area contributed by atoms with Crippen LogP contribution in [0.1, 0.15) is 22.4 Å². The molecule has 7 heteroatoms. The van der Waals surface area contributed by atoms with Gasteiger partial charge in [0.1, 0.15) is 11.6 Å². The van der Waals surface area contributed by atoms with Crippen molar-refractivity contribution in [3.63, 3.8) is 0 Å². The second-order valence-corrected chi connectivity index (χ2v) is 8.47. The zero-order valence-electron chi connectivity index (χ0n) is 18.0. The van der Waals surface area contributed by atoms with E-state index in [1.54, 1.807) is 29.2 Å². The standard InChI is InChI=1S/C25H23ClN4O2/c1-17-5-10-23(18(2)13-17)30-25(28-11-3-4-12-28)21-14-29(15-22(21)27-30)24(31)16-32-20-8-6-19(26)7-9-20/h3-13H,14-16H2,1-2H3. The quantitative estimate of drug-likeness (QED) is 0.440. The molecule has 0 bridgehead atoms. The number of ether oxygens (including phenoxy) is 1. The lowest BCUT2D eigenvalue weighted by Gasteiger charge is -2.18. The second kappa shape index (κ2) is 8.20. The zero-order valence-corrected chi connectivity index (χ0v) is 18.7. The molecule has 6 nitrogen and oxygen atoms in total. The molecule has 1 amide bonds. The predicted molar refractivity (Wildman–Crippen MR) is 124 cm³/mol. The number of halogens is 1. The highest BCUT2D eigenvalue weighted by atomic mass is 35.5. The van der Waals surface area contributed by atoms with E-state index < -0.39 is 0 Å². The Hall–Kier alpha value is -3.51. The smallest absolute Gasteiger partial charge is 0.261 e. The van der Waals surface area contributed by atoms with E-state index in [0.29, 0.717) is 23.9 Å². The number of rotatable bonds is 5. The molecular weight excluding hydrogens is 424 g/mol. The molecule has 0 atom stereocenters. The third-order valence-electron chi connectivity index (χ3n) is 5.69. The van der Waals surface area contributed by atoms with Crippen molar-refractivity contribution in [2.24, 2.45) is 0 Å². The van der Waals surface area contributed by atoms with Crippen LogP contribution < -0.4 is 4.74 Å². The number of aromatic nitrogens is 3. The van der Waals surface area contributed by atoms with Gasteiger partial charge in [-0.3, -0.25) is 4.79 Å². The topological polar surface area (TPSA) is 52.3 Å². The van der Waals surface area contributed by atoms with Crippen LogP contribution in [-0.2, 0) is 17.9 Å². The number of hydrogen-bond acceptors (Lipinski definition) is 3. The molecule has 1 aliphatic heterocycles. The fourth-order valence-electron chi connectivity index (χ4n) is 4.10. The molecule has 0 unspecified atom stereocenters. The molecule has 2 aromatic heterocycles. The first kappa shape index (κ1) is 20.4. The van der Waals surface area contributed by atoms with E-state index in [1.807, 2.05) is 29.2 Å². The monoisotopic (exact) mass is 446 g/mol. The fraction of sp³-hybridized carbons (Fsp3) is 0.200. The van der Waals surface area contributed by atoms with E-state index in [2.05, 4.69) is 36.6 Å². The molecule has 0 saturated carbocycles. The average Bonchev–Trinajstić information content (AvgIpc) is 3.49. The molecule has 5 rings (SSSR count). The van der Waals surface area contributed by atoms with Gasteiger partial charge >= 0.3 is 0 Å². The van der Waals surface area contributed by atoms with E-state index in [4.69, 9.17) is 21.4 Å². The van der Waals surface area contributed by atoms with E-state index in [9.17, 15) is 4.79 Å². The Morgan fingerprint density at radius 3 is 2.53 bits per heavy atom. The van der Waals surface area contributed by atoms with E-state index >= 15 is 0 Å². The molecule has 0 saturated heterocycles. The maximum atomic E-state index is 12.8. The highest BCUT2D eigenvalue weighted by Crippen LogP contribution is 2.31. The lowest BCUT2D eigenvalue weighted by molar-refractivity contribution is -0.134. The van der Waals surface area contributed by atoms with E-state index in [0.717, 1.165) is 28.3 Å². The molecule has 0 N–H and O–H groups in total. The predicted octanol–water partition coefficient (Wildman–Crippen LogP) is 4.85. The number of hydrogen-bond donors (Lipinski definition) is 0. The average molecular weight is 447 g/mol. The normalized spacial score (nSPS) is 12.8. The summed E-state index contributed by atoms with van der Waals surface area (Å²) in [6, 6.07) is 17.3. The lowest BCUT2D eigenvalue weighted by Crippen LogP contribution is -2.31. The van der Waals surface area contributed by atoms with E-state index in [-0.39, 0.29) is 12.5 Å². The lowest BCUT2D eigenvalue weighted by atomic mass is 10.1. The Morgan fingerprint density at radius 1 is 1.06 bits per heavy atom. The van der Waals surface area contributed by atoms with Gasteiger partial charge in [-0.1, -0.05) is 29.3 Å². The van der Waals surface area contributed by atoms with Crippen LogP contribution in [0.4, 0.5) is 0 Å². The molecular formula is C25H23ClN4O2. The highest BCUT2D eigenvalue weighted by molar-refractivity contribution is 6.30. The maximum Gasteiger partial charge on any atom is 0.261 e. The molecule has 3 heterocycles. The Labute approximate surface area is 191 Å². The van der Waals surface area contributed by atoms with Crippen LogP contribution in [-0.4, -0.2) is 31.8 Å². The number of nitrogens with zero attached hydrogens (tertiary/aromatic N) is 4. The summed E-state index contributed by atoms with van der Waals surface area (Å²) in [7, 11) is 0. The minimum Gasteiger partial charge on any atom is -0.484 e. The number of carbonyl (C=O) groups excluding carboxylic acids is 1. The maximum absolute atomic E-state index is 12.8. The van der Waals surface area contributed by atoms with Crippen molar-refractivity contribution in [1.82, 2.24) is 19.2 Å². The number of amides is 1. The molecule has 0 aliphatic carbocycles. The SMILES string of the molecule is Cc1ccc(-n2nc3c(c2-n2cccc2)CN(C(=O)COc2ccc(Cl)cc2)C3)c(C)c1.